The van der Waals surface area contributed by atoms with Crippen LogP contribution in [0.4, 0.5) is 0 Å². The third kappa shape index (κ3) is 3.68. The van der Waals surface area contributed by atoms with E-state index in [1.807, 2.05) is 52.0 Å². The van der Waals surface area contributed by atoms with Gasteiger partial charge in [-0.15, -0.1) is 0 Å². The smallest absolute Gasteiger partial charge is 0.274 e. The van der Waals surface area contributed by atoms with E-state index in [2.05, 4.69) is 18.9 Å². The third-order valence-corrected chi connectivity index (χ3v) is 4.94. The predicted octanol–water partition coefficient (Wildman–Crippen LogP) is 4.25. The standard InChI is InChI=1S/C22H25N3O2/c1-16(2)13-19-14-20(23-25(19)18-7-4-3-5-8-18)22(26)24-11-6-9-21-17(15-24)10-12-27-21/h3-5,7-8,10,12,14,16H,6,9,11,13,15H2,1-2H3. The minimum atomic E-state index is -0.0104. The van der Waals surface area contributed by atoms with Crippen molar-refractivity contribution in [3.05, 3.63) is 71.4 Å². The number of benzene rings is 1. The van der Waals surface area contributed by atoms with Crippen molar-refractivity contribution in [2.24, 2.45) is 5.92 Å². The average Bonchev–Trinajstić information content (AvgIpc) is 3.23. The number of hydrogen-bond donors (Lipinski definition) is 0. The monoisotopic (exact) mass is 363 g/mol. The highest BCUT2D eigenvalue weighted by Crippen LogP contribution is 2.22. The Kier molecular flexibility index (Phi) is 4.84. The maximum absolute atomic E-state index is 13.2. The Morgan fingerprint density at radius 1 is 1.22 bits per heavy atom. The van der Waals surface area contributed by atoms with E-state index >= 15 is 0 Å². The zero-order valence-corrected chi connectivity index (χ0v) is 15.9. The minimum absolute atomic E-state index is 0.0104. The minimum Gasteiger partial charge on any atom is -0.469 e. The highest BCUT2D eigenvalue weighted by molar-refractivity contribution is 5.92. The highest BCUT2D eigenvalue weighted by atomic mass is 16.3. The van der Waals surface area contributed by atoms with Crippen LogP contribution in [0.15, 0.2) is 53.1 Å². The summed E-state index contributed by atoms with van der Waals surface area (Å²) in [6.07, 6.45) is 4.37. The number of fused-ring (bicyclic) bond motifs is 1. The largest absolute Gasteiger partial charge is 0.469 e. The quantitative estimate of drug-likeness (QED) is 0.696. The number of nitrogens with zero attached hydrogens (tertiary/aromatic N) is 3. The van der Waals surface area contributed by atoms with Crippen molar-refractivity contribution in [1.29, 1.82) is 0 Å². The molecule has 0 unspecified atom stereocenters. The molecule has 1 aliphatic heterocycles. The van der Waals surface area contributed by atoms with E-state index in [0.717, 1.165) is 48.5 Å². The molecule has 0 saturated carbocycles. The second-order valence-electron chi connectivity index (χ2n) is 7.57. The Balaban J connectivity index is 1.65. The molecule has 0 atom stereocenters. The molecule has 0 saturated heterocycles. The molecule has 3 aromatic rings. The lowest BCUT2D eigenvalue weighted by Crippen LogP contribution is -2.31. The zero-order chi connectivity index (χ0) is 18.8. The van der Waals surface area contributed by atoms with Crippen molar-refractivity contribution in [3.8, 4) is 5.69 Å². The number of rotatable bonds is 4. The first-order valence-electron chi connectivity index (χ1n) is 9.60. The van der Waals surface area contributed by atoms with Gasteiger partial charge in [0.2, 0.25) is 0 Å². The molecule has 0 fully saturated rings. The van der Waals surface area contributed by atoms with Gasteiger partial charge in [-0.2, -0.15) is 5.10 Å². The Labute approximate surface area is 159 Å². The number of furan rings is 1. The molecular weight excluding hydrogens is 338 g/mol. The lowest BCUT2D eigenvalue weighted by atomic mass is 10.1. The van der Waals surface area contributed by atoms with Crippen molar-refractivity contribution >= 4 is 5.91 Å². The van der Waals surface area contributed by atoms with Crippen molar-refractivity contribution in [3.63, 3.8) is 0 Å². The molecule has 0 radical (unpaired) electrons. The van der Waals surface area contributed by atoms with E-state index in [9.17, 15) is 4.79 Å². The lowest BCUT2D eigenvalue weighted by Gasteiger charge is -2.18. The fourth-order valence-corrected chi connectivity index (χ4v) is 3.66. The van der Waals surface area contributed by atoms with E-state index in [4.69, 9.17) is 4.42 Å². The van der Waals surface area contributed by atoms with E-state index in [1.165, 1.54) is 0 Å². The zero-order valence-electron chi connectivity index (χ0n) is 15.9. The second-order valence-corrected chi connectivity index (χ2v) is 7.57. The van der Waals surface area contributed by atoms with Crippen molar-refractivity contribution < 1.29 is 9.21 Å². The summed E-state index contributed by atoms with van der Waals surface area (Å²) in [4.78, 5) is 15.1. The molecule has 2 aromatic heterocycles. The summed E-state index contributed by atoms with van der Waals surface area (Å²) in [6, 6.07) is 13.9. The van der Waals surface area contributed by atoms with Gasteiger partial charge < -0.3 is 9.32 Å². The molecule has 4 rings (SSSR count). The van der Waals surface area contributed by atoms with Gasteiger partial charge >= 0.3 is 0 Å². The molecule has 0 spiro atoms. The third-order valence-electron chi connectivity index (χ3n) is 4.94. The van der Waals surface area contributed by atoms with Crippen molar-refractivity contribution in [2.45, 2.75) is 39.7 Å². The van der Waals surface area contributed by atoms with Gasteiger partial charge in [0, 0.05) is 30.8 Å². The molecule has 1 aromatic carbocycles. The molecule has 1 aliphatic rings. The summed E-state index contributed by atoms with van der Waals surface area (Å²) >= 11 is 0. The predicted molar refractivity (Wildman–Crippen MR) is 104 cm³/mol. The van der Waals surface area contributed by atoms with E-state index in [0.29, 0.717) is 18.2 Å². The number of aryl methyl sites for hydroxylation is 1. The van der Waals surface area contributed by atoms with Gasteiger partial charge in [0.1, 0.15) is 5.76 Å². The van der Waals surface area contributed by atoms with Gasteiger partial charge in [0.05, 0.1) is 12.0 Å². The molecule has 27 heavy (non-hydrogen) atoms. The normalized spacial score (nSPS) is 14.3. The van der Waals surface area contributed by atoms with Crippen molar-refractivity contribution in [2.75, 3.05) is 6.54 Å². The van der Waals surface area contributed by atoms with Crippen LogP contribution in [0.1, 0.15) is 47.8 Å². The van der Waals surface area contributed by atoms with Crippen LogP contribution in [0.2, 0.25) is 0 Å². The molecule has 0 bridgehead atoms. The van der Waals surface area contributed by atoms with Gasteiger partial charge in [0.25, 0.3) is 5.91 Å². The van der Waals surface area contributed by atoms with Crippen LogP contribution in [-0.2, 0) is 19.4 Å². The molecule has 0 aliphatic carbocycles. The van der Waals surface area contributed by atoms with Gasteiger partial charge in [-0.25, -0.2) is 4.68 Å². The summed E-state index contributed by atoms with van der Waals surface area (Å²) in [5.74, 6) is 1.48. The first-order valence-corrected chi connectivity index (χ1v) is 9.60. The SMILES string of the molecule is CC(C)Cc1cc(C(=O)N2CCCc3occc3C2)nn1-c1ccccc1. The molecule has 140 valence electrons. The number of carbonyl (C=O) groups excluding carboxylic acids is 1. The van der Waals surface area contributed by atoms with E-state index in [1.54, 1.807) is 6.26 Å². The number of carbonyl (C=O) groups is 1. The van der Waals surface area contributed by atoms with Crippen LogP contribution < -0.4 is 0 Å². The van der Waals surface area contributed by atoms with Gasteiger partial charge in [-0.05, 0) is 43.0 Å². The molecular formula is C22H25N3O2. The summed E-state index contributed by atoms with van der Waals surface area (Å²) < 4.78 is 7.45. The second kappa shape index (κ2) is 7.43. The van der Waals surface area contributed by atoms with Crippen LogP contribution >= 0.6 is 0 Å². The van der Waals surface area contributed by atoms with Crippen LogP contribution in [0.3, 0.4) is 0 Å². The number of para-hydroxylation sites is 1. The molecule has 0 N–H and O–H groups in total. The Hall–Kier alpha value is -2.82. The van der Waals surface area contributed by atoms with Gasteiger partial charge in [-0.1, -0.05) is 32.0 Å². The maximum Gasteiger partial charge on any atom is 0.274 e. The Morgan fingerprint density at radius 2 is 2.04 bits per heavy atom. The first-order chi connectivity index (χ1) is 13.1. The molecule has 5 heteroatoms. The fraction of sp³-hybridized carbons (Fsp3) is 0.364. The number of hydrogen-bond acceptors (Lipinski definition) is 3. The van der Waals surface area contributed by atoms with Crippen LogP contribution in [0.5, 0.6) is 0 Å². The summed E-state index contributed by atoms with van der Waals surface area (Å²) in [5, 5.41) is 4.68. The van der Waals surface area contributed by atoms with Gasteiger partial charge in [-0.3, -0.25) is 4.79 Å². The van der Waals surface area contributed by atoms with E-state index in [-0.39, 0.29) is 5.91 Å². The lowest BCUT2D eigenvalue weighted by molar-refractivity contribution is 0.0739. The summed E-state index contributed by atoms with van der Waals surface area (Å²) in [7, 11) is 0. The Morgan fingerprint density at radius 3 is 2.81 bits per heavy atom. The molecule has 3 heterocycles. The van der Waals surface area contributed by atoms with E-state index < -0.39 is 0 Å². The maximum atomic E-state index is 13.2. The molecule has 5 nitrogen and oxygen atoms in total. The van der Waals surface area contributed by atoms with Crippen molar-refractivity contribution in [1.82, 2.24) is 14.7 Å². The Bertz CT molecular complexity index is 924. The van der Waals surface area contributed by atoms with Crippen LogP contribution in [0, 0.1) is 5.92 Å². The summed E-state index contributed by atoms with van der Waals surface area (Å²) in [5.41, 5.74) is 3.67. The highest BCUT2D eigenvalue weighted by Gasteiger charge is 2.25. The van der Waals surface area contributed by atoms with Crippen LogP contribution in [-0.4, -0.2) is 27.1 Å². The topological polar surface area (TPSA) is 51.3 Å². The van der Waals surface area contributed by atoms with Crippen LogP contribution in [0.25, 0.3) is 5.69 Å². The molecule has 1 amide bonds. The van der Waals surface area contributed by atoms with Gasteiger partial charge in [0.15, 0.2) is 5.69 Å². The number of aromatic nitrogens is 2. The first kappa shape index (κ1) is 17.6. The fourth-order valence-electron chi connectivity index (χ4n) is 3.66. The summed E-state index contributed by atoms with van der Waals surface area (Å²) in [6.45, 7) is 5.67. The number of amides is 1. The average molecular weight is 363 g/mol.